The van der Waals surface area contributed by atoms with Crippen molar-refractivity contribution in [2.75, 3.05) is 13.2 Å². The van der Waals surface area contributed by atoms with Crippen LogP contribution >= 0.6 is 0 Å². The molecular formula is C14H18N2O2. The van der Waals surface area contributed by atoms with E-state index in [0.717, 1.165) is 24.5 Å². The van der Waals surface area contributed by atoms with Crippen molar-refractivity contribution in [1.29, 1.82) is 0 Å². The van der Waals surface area contributed by atoms with Gasteiger partial charge in [0.25, 0.3) is 0 Å². The van der Waals surface area contributed by atoms with Gasteiger partial charge in [0.1, 0.15) is 5.75 Å². The standard InChI is InChI=1S/C14H18N2O2/c1-2-16-12-14(11-15-16)18-10-6-9-17-13-7-4-3-5-8-13/h3-5,7-8,11-12H,2,6,9-10H2,1H3. The molecule has 0 fully saturated rings. The van der Waals surface area contributed by atoms with E-state index in [1.807, 2.05) is 48.1 Å². The van der Waals surface area contributed by atoms with E-state index < -0.39 is 0 Å². The quantitative estimate of drug-likeness (QED) is 0.705. The van der Waals surface area contributed by atoms with Crippen LogP contribution in [0.15, 0.2) is 42.7 Å². The summed E-state index contributed by atoms with van der Waals surface area (Å²) in [5.41, 5.74) is 0. The summed E-state index contributed by atoms with van der Waals surface area (Å²) in [6.45, 7) is 4.21. The van der Waals surface area contributed by atoms with Crippen molar-refractivity contribution in [3.05, 3.63) is 42.7 Å². The summed E-state index contributed by atoms with van der Waals surface area (Å²) in [5.74, 6) is 1.72. The van der Waals surface area contributed by atoms with Gasteiger partial charge >= 0.3 is 0 Å². The van der Waals surface area contributed by atoms with Crippen LogP contribution < -0.4 is 9.47 Å². The molecule has 96 valence electrons. The van der Waals surface area contributed by atoms with Gasteiger partial charge < -0.3 is 9.47 Å². The molecule has 1 heterocycles. The van der Waals surface area contributed by atoms with Crippen molar-refractivity contribution in [3.63, 3.8) is 0 Å². The van der Waals surface area contributed by atoms with Crippen LogP contribution in [0.5, 0.6) is 11.5 Å². The van der Waals surface area contributed by atoms with E-state index in [9.17, 15) is 0 Å². The molecule has 0 atom stereocenters. The zero-order valence-corrected chi connectivity index (χ0v) is 10.6. The molecule has 18 heavy (non-hydrogen) atoms. The van der Waals surface area contributed by atoms with Crippen LogP contribution in [0.1, 0.15) is 13.3 Å². The highest BCUT2D eigenvalue weighted by atomic mass is 16.5. The molecule has 0 radical (unpaired) electrons. The molecular weight excluding hydrogens is 228 g/mol. The number of aryl methyl sites for hydroxylation is 1. The zero-order chi connectivity index (χ0) is 12.6. The highest BCUT2D eigenvalue weighted by molar-refractivity contribution is 5.20. The molecule has 2 aromatic rings. The molecule has 4 nitrogen and oxygen atoms in total. The Morgan fingerprint density at radius 1 is 1.06 bits per heavy atom. The molecule has 0 saturated carbocycles. The van der Waals surface area contributed by atoms with E-state index in [1.165, 1.54) is 0 Å². The molecule has 2 rings (SSSR count). The molecule has 1 aromatic heterocycles. The van der Waals surface area contributed by atoms with Gasteiger partial charge in [-0.25, -0.2) is 0 Å². The van der Waals surface area contributed by atoms with Crippen molar-refractivity contribution < 1.29 is 9.47 Å². The van der Waals surface area contributed by atoms with Gasteiger partial charge in [0.15, 0.2) is 5.75 Å². The first-order valence-corrected chi connectivity index (χ1v) is 6.21. The molecule has 0 spiro atoms. The fourth-order valence-electron chi connectivity index (χ4n) is 1.55. The molecule has 0 aliphatic heterocycles. The fraction of sp³-hybridized carbons (Fsp3) is 0.357. The minimum Gasteiger partial charge on any atom is -0.493 e. The number of aromatic nitrogens is 2. The molecule has 0 aliphatic rings. The SMILES string of the molecule is CCn1cc(OCCCOc2ccccc2)cn1. The number of para-hydroxylation sites is 1. The van der Waals surface area contributed by atoms with Crippen LogP contribution in [0.4, 0.5) is 0 Å². The molecule has 0 amide bonds. The van der Waals surface area contributed by atoms with Gasteiger partial charge in [0, 0.05) is 13.0 Å². The number of ether oxygens (including phenoxy) is 2. The summed E-state index contributed by atoms with van der Waals surface area (Å²) in [7, 11) is 0. The summed E-state index contributed by atoms with van der Waals surface area (Å²) in [6, 6.07) is 9.80. The molecule has 0 N–H and O–H groups in total. The lowest BCUT2D eigenvalue weighted by Gasteiger charge is -2.06. The maximum absolute atomic E-state index is 5.57. The normalized spacial score (nSPS) is 10.3. The average molecular weight is 246 g/mol. The Hall–Kier alpha value is -1.97. The summed E-state index contributed by atoms with van der Waals surface area (Å²) in [5, 5.41) is 4.14. The maximum Gasteiger partial charge on any atom is 0.157 e. The van der Waals surface area contributed by atoms with E-state index in [1.54, 1.807) is 6.20 Å². The van der Waals surface area contributed by atoms with E-state index in [0.29, 0.717) is 13.2 Å². The van der Waals surface area contributed by atoms with Crippen molar-refractivity contribution in [2.24, 2.45) is 0 Å². The third-order valence-electron chi connectivity index (χ3n) is 2.50. The summed E-state index contributed by atoms with van der Waals surface area (Å²) in [4.78, 5) is 0. The zero-order valence-electron chi connectivity index (χ0n) is 10.6. The van der Waals surface area contributed by atoms with Crippen LogP contribution in [0.3, 0.4) is 0 Å². The van der Waals surface area contributed by atoms with E-state index >= 15 is 0 Å². The molecule has 0 aliphatic carbocycles. The topological polar surface area (TPSA) is 36.3 Å². The van der Waals surface area contributed by atoms with E-state index in [4.69, 9.17) is 9.47 Å². The Morgan fingerprint density at radius 2 is 1.78 bits per heavy atom. The second-order valence-corrected chi connectivity index (χ2v) is 3.90. The second kappa shape index (κ2) is 6.69. The predicted molar refractivity (Wildman–Crippen MR) is 70.0 cm³/mol. The number of benzene rings is 1. The Kier molecular flexibility index (Phi) is 4.64. The Balaban J connectivity index is 1.61. The minimum absolute atomic E-state index is 0.641. The van der Waals surface area contributed by atoms with Crippen LogP contribution in [0, 0.1) is 0 Å². The van der Waals surface area contributed by atoms with Crippen LogP contribution in [-0.4, -0.2) is 23.0 Å². The van der Waals surface area contributed by atoms with Crippen LogP contribution in [0.2, 0.25) is 0 Å². The molecule has 4 heteroatoms. The van der Waals surface area contributed by atoms with E-state index in [-0.39, 0.29) is 0 Å². The minimum atomic E-state index is 0.641. The summed E-state index contributed by atoms with van der Waals surface area (Å²) in [6.07, 6.45) is 4.49. The molecule has 0 unspecified atom stereocenters. The molecule has 1 aromatic carbocycles. The maximum atomic E-state index is 5.57. The third kappa shape index (κ3) is 3.80. The largest absolute Gasteiger partial charge is 0.493 e. The number of nitrogens with zero attached hydrogens (tertiary/aromatic N) is 2. The van der Waals surface area contributed by atoms with Crippen molar-refractivity contribution in [1.82, 2.24) is 9.78 Å². The van der Waals surface area contributed by atoms with Crippen molar-refractivity contribution >= 4 is 0 Å². The number of rotatable bonds is 7. The first-order valence-electron chi connectivity index (χ1n) is 6.21. The summed E-state index contributed by atoms with van der Waals surface area (Å²) < 4.78 is 13.0. The Morgan fingerprint density at radius 3 is 2.44 bits per heavy atom. The lowest BCUT2D eigenvalue weighted by atomic mass is 10.3. The lowest BCUT2D eigenvalue weighted by molar-refractivity contribution is 0.247. The van der Waals surface area contributed by atoms with Crippen molar-refractivity contribution in [3.8, 4) is 11.5 Å². The smallest absolute Gasteiger partial charge is 0.157 e. The van der Waals surface area contributed by atoms with Gasteiger partial charge in [-0.1, -0.05) is 18.2 Å². The lowest BCUT2D eigenvalue weighted by Crippen LogP contribution is -2.04. The van der Waals surface area contributed by atoms with Crippen molar-refractivity contribution in [2.45, 2.75) is 19.9 Å². The summed E-state index contributed by atoms with van der Waals surface area (Å²) >= 11 is 0. The average Bonchev–Trinajstić information content (AvgIpc) is 2.87. The highest BCUT2D eigenvalue weighted by Gasteiger charge is 1.98. The van der Waals surface area contributed by atoms with E-state index in [2.05, 4.69) is 5.10 Å². The van der Waals surface area contributed by atoms with Gasteiger partial charge in [-0.2, -0.15) is 5.10 Å². The molecule has 0 bridgehead atoms. The predicted octanol–water partition coefficient (Wildman–Crippen LogP) is 2.75. The first kappa shape index (κ1) is 12.5. The highest BCUT2D eigenvalue weighted by Crippen LogP contribution is 2.10. The molecule has 0 saturated heterocycles. The first-order chi connectivity index (χ1) is 8.88. The van der Waals surface area contributed by atoms with Gasteiger partial charge in [-0.3, -0.25) is 4.68 Å². The van der Waals surface area contributed by atoms with Crippen LogP contribution in [0.25, 0.3) is 0 Å². The van der Waals surface area contributed by atoms with Gasteiger partial charge in [0.2, 0.25) is 0 Å². The third-order valence-corrected chi connectivity index (χ3v) is 2.50. The van der Waals surface area contributed by atoms with Crippen LogP contribution in [-0.2, 0) is 6.54 Å². The fourth-order valence-corrected chi connectivity index (χ4v) is 1.55. The number of hydrogen-bond donors (Lipinski definition) is 0. The Bertz CT molecular complexity index is 454. The monoisotopic (exact) mass is 246 g/mol. The number of hydrogen-bond acceptors (Lipinski definition) is 3. The second-order valence-electron chi connectivity index (χ2n) is 3.90. The van der Waals surface area contributed by atoms with Gasteiger partial charge in [-0.15, -0.1) is 0 Å². The van der Waals surface area contributed by atoms with Gasteiger partial charge in [0.05, 0.1) is 25.6 Å². The Labute approximate surface area is 107 Å². The van der Waals surface area contributed by atoms with Gasteiger partial charge in [-0.05, 0) is 19.1 Å².